The van der Waals surface area contributed by atoms with Crippen molar-refractivity contribution in [2.45, 2.75) is 18.8 Å². The summed E-state index contributed by atoms with van der Waals surface area (Å²) < 4.78 is 4.82. The molecule has 0 fully saturated rings. The van der Waals surface area contributed by atoms with Gasteiger partial charge in [-0.1, -0.05) is 103 Å². The molecule has 7 aromatic rings. The Labute approximate surface area is 255 Å². The van der Waals surface area contributed by atoms with Gasteiger partial charge in [-0.25, -0.2) is 4.99 Å². The van der Waals surface area contributed by atoms with Gasteiger partial charge in [0.25, 0.3) is 0 Å². The minimum Gasteiger partial charge on any atom is -0.353 e. The van der Waals surface area contributed by atoms with E-state index in [4.69, 9.17) is 4.99 Å². The number of aliphatic imine (C=N–C) groups is 1. The number of benzene rings is 5. The zero-order valence-corrected chi connectivity index (χ0v) is 24.1. The number of nitrogens with zero attached hydrogens (tertiary/aromatic N) is 3. The Bertz CT molecular complexity index is 2350. The summed E-state index contributed by atoms with van der Waals surface area (Å²) in [4.78, 5) is 5.15. The Kier molecular flexibility index (Phi) is 5.66. The molecule has 4 heteroatoms. The van der Waals surface area contributed by atoms with Crippen LogP contribution in [-0.2, 0) is 0 Å². The van der Waals surface area contributed by atoms with E-state index in [1.165, 1.54) is 43.7 Å². The van der Waals surface area contributed by atoms with Gasteiger partial charge in [0.15, 0.2) is 0 Å². The summed E-state index contributed by atoms with van der Waals surface area (Å²) in [6.07, 6.45) is 13.7. The lowest BCUT2D eigenvalue weighted by atomic mass is 10.0. The first-order chi connectivity index (χ1) is 21.8. The number of rotatable bonds is 4. The van der Waals surface area contributed by atoms with Crippen molar-refractivity contribution in [3.8, 4) is 11.1 Å². The molecule has 0 saturated heterocycles. The molecule has 1 aliphatic carbocycles. The SMILES string of the molecule is C1=CCC(n2c3ccccc3c3cc(-c4ccc5c(c4)c4ccccc4n5C4N=C(c5ccccc5)C=CN4)ccc32)C=C1. The molecule has 0 bridgehead atoms. The molecule has 0 spiro atoms. The number of fused-ring (bicyclic) bond motifs is 6. The van der Waals surface area contributed by atoms with Crippen molar-refractivity contribution < 1.29 is 0 Å². The Hall–Kier alpha value is -5.61. The number of nitrogens with one attached hydrogen (secondary N) is 1. The van der Waals surface area contributed by atoms with Crippen LogP contribution in [0.15, 0.2) is 157 Å². The zero-order chi connectivity index (χ0) is 29.0. The van der Waals surface area contributed by atoms with E-state index in [9.17, 15) is 0 Å². The first-order valence-electron chi connectivity index (χ1n) is 15.3. The molecule has 4 nitrogen and oxygen atoms in total. The smallest absolute Gasteiger partial charge is 0.201 e. The highest BCUT2D eigenvalue weighted by Crippen LogP contribution is 2.39. The molecule has 2 unspecified atom stereocenters. The molecular formula is C40H30N4. The summed E-state index contributed by atoms with van der Waals surface area (Å²) in [5.74, 6) is 0. The second kappa shape index (κ2) is 9.99. The van der Waals surface area contributed by atoms with Gasteiger partial charge in [0.1, 0.15) is 0 Å². The molecule has 1 N–H and O–H groups in total. The molecule has 0 radical (unpaired) electrons. The van der Waals surface area contributed by atoms with E-state index in [-0.39, 0.29) is 6.29 Å². The third-order valence-electron chi connectivity index (χ3n) is 9.10. The van der Waals surface area contributed by atoms with Crippen molar-refractivity contribution >= 4 is 49.3 Å². The lowest BCUT2D eigenvalue weighted by Crippen LogP contribution is -2.25. The maximum atomic E-state index is 5.15. The van der Waals surface area contributed by atoms with Gasteiger partial charge in [-0.2, -0.15) is 0 Å². The fourth-order valence-electron chi connectivity index (χ4n) is 7.08. The molecule has 0 saturated carbocycles. The third-order valence-corrected chi connectivity index (χ3v) is 9.10. The second-order valence-corrected chi connectivity index (χ2v) is 11.6. The van der Waals surface area contributed by atoms with Crippen molar-refractivity contribution in [3.63, 3.8) is 0 Å². The molecule has 9 rings (SSSR count). The fourth-order valence-corrected chi connectivity index (χ4v) is 7.08. The van der Waals surface area contributed by atoms with E-state index < -0.39 is 0 Å². The van der Waals surface area contributed by atoms with Gasteiger partial charge in [-0.3, -0.25) is 0 Å². The largest absolute Gasteiger partial charge is 0.353 e. The van der Waals surface area contributed by atoms with Gasteiger partial charge in [0.05, 0.1) is 22.8 Å². The standard InChI is InChI=1S/C40H30N4/c1-3-11-27(12-4-1)35-23-24-41-40(42-35)44-37-18-10-8-16-32(37)34-26-29(20-22-39(34)44)28-19-21-38-33(25-28)31-15-7-9-17-36(31)43(38)30-13-5-2-6-14-30/h1-13,15-26,30,40-41H,14H2. The van der Waals surface area contributed by atoms with Crippen LogP contribution in [0.4, 0.5) is 0 Å². The van der Waals surface area contributed by atoms with Crippen LogP contribution in [0.2, 0.25) is 0 Å². The normalized spacial score (nSPS) is 18.0. The predicted octanol–water partition coefficient (Wildman–Crippen LogP) is 9.69. The summed E-state index contributed by atoms with van der Waals surface area (Å²) >= 11 is 0. The molecule has 2 aromatic heterocycles. The van der Waals surface area contributed by atoms with Crippen molar-refractivity contribution in [1.29, 1.82) is 0 Å². The molecule has 210 valence electrons. The van der Waals surface area contributed by atoms with Crippen LogP contribution in [0, 0.1) is 0 Å². The molecular weight excluding hydrogens is 536 g/mol. The first kappa shape index (κ1) is 24.9. The summed E-state index contributed by atoms with van der Waals surface area (Å²) in [5, 5.41) is 8.56. The van der Waals surface area contributed by atoms with Gasteiger partial charge in [-0.15, -0.1) is 0 Å². The molecule has 3 heterocycles. The number of hydrogen-bond acceptors (Lipinski definition) is 2. The molecule has 2 aliphatic rings. The highest BCUT2D eigenvalue weighted by Gasteiger charge is 2.21. The van der Waals surface area contributed by atoms with Crippen LogP contribution >= 0.6 is 0 Å². The minimum absolute atomic E-state index is 0.241. The number of aromatic nitrogens is 2. The van der Waals surface area contributed by atoms with Crippen LogP contribution in [0.5, 0.6) is 0 Å². The van der Waals surface area contributed by atoms with Crippen LogP contribution in [0.25, 0.3) is 54.7 Å². The second-order valence-electron chi connectivity index (χ2n) is 11.6. The molecule has 1 aliphatic heterocycles. The van der Waals surface area contributed by atoms with Gasteiger partial charge < -0.3 is 14.5 Å². The van der Waals surface area contributed by atoms with E-state index in [0.717, 1.165) is 28.7 Å². The Morgan fingerprint density at radius 3 is 1.86 bits per heavy atom. The van der Waals surface area contributed by atoms with Crippen molar-refractivity contribution in [2.75, 3.05) is 0 Å². The van der Waals surface area contributed by atoms with Gasteiger partial charge >= 0.3 is 0 Å². The maximum Gasteiger partial charge on any atom is 0.201 e. The average Bonchev–Trinajstić information content (AvgIpc) is 3.61. The third kappa shape index (κ3) is 3.88. The highest BCUT2D eigenvalue weighted by atomic mass is 15.3. The van der Waals surface area contributed by atoms with Crippen molar-refractivity contribution in [3.05, 3.63) is 157 Å². The Morgan fingerprint density at radius 1 is 0.568 bits per heavy atom. The van der Waals surface area contributed by atoms with Crippen LogP contribution < -0.4 is 5.32 Å². The minimum atomic E-state index is -0.241. The van der Waals surface area contributed by atoms with Crippen molar-refractivity contribution in [1.82, 2.24) is 14.5 Å². The average molecular weight is 567 g/mol. The number of allylic oxidation sites excluding steroid dienone is 5. The Balaban J connectivity index is 1.19. The summed E-state index contributed by atoms with van der Waals surface area (Å²) in [7, 11) is 0. The first-order valence-corrected chi connectivity index (χ1v) is 15.3. The summed E-state index contributed by atoms with van der Waals surface area (Å²) in [5.41, 5.74) is 9.42. The quantitative estimate of drug-likeness (QED) is 0.226. The van der Waals surface area contributed by atoms with Gasteiger partial charge in [0, 0.05) is 38.8 Å². The van der Waals surface area contributed by atoms with Crippen molar-refractivity contribution in [2.24, 2.45) is 4.99 Å². The van der Waals surface area contributed by atoms with Crippen LogP contribution in [0.1, 0.15) is 24.3 Å². The Morgan fingerprint density at radius 2 is 1.18 bits per heavy atom. The monoisotopic (exact) mass is 566 g/mol. The molecule has 44 heavy (non-hydrogen) atoms. The molecule has 0 amide bonds. The molecule has 5 aromatic carbocycles. The van der Waals surface area contributed by atoms with E-state index in [0.29, 0.717) is 6.04 Å². The topological polar surface area (TPSA) is 34.2 Å². The predicted molar refractivity (Wildman–Crippen MR) is 184 cm³/mol. The van der Waals surface area contributed by atoms with E-state index in [1.807, 2.05) is 18.3 Å². The summed E-state index contributed by atoms with van der Waals surface area (Å²) in [6.45, 7) is 0. The highest BCUT2D eigenvalue weighted by molar-refractivity contribution is 6.12. The van der Waals surface area contributed by atoms with Crippen LogP contribution in [-0.4, -0.2) is 14.8 Å². The maximum absolute atomic E-state index is 5.15. The lowest BCUT2D eigenvalue weighted by Gasteiger charge is -2.22. The van der Waals surface area contributed by atoms with E-state index in [1.54, 1.807) is 0 Å². The zero-order valence-electron chi connectivity index (χ0n) is 24.1. The number of hydrogen-bond donors (Lipinski definition) is 1. The number of para-hydroxylation sites is 2. The van der Waals surface area contributed by atoms with Gasteiger partial charge in [-0.05, 0) is 65.6 Å². The van der Waals surface area contributed by atoms with E-state index in [2.05, 4.69) is 148 Å². The van der Waals surface area contributed by atoms with Gasteiger partial charge in [0.2, 0.25) is 6.29 Å². The molecule has 2 atom stereocenters. The van der Waals surface area contributed by atoms with Crippen LogP contribution in [0.3, 0.4) is 0 Å². The summed E-state index contributed by atoms with van der Waals surface area (Å²) in [6, 6.07) is 42.0. The van der Waals surface area contributed by atoms with E-state index >= 15 is 0 Å². The fraction of sp³-hybridized carbons (Fsp3) is 0.0750. The lowest BCUT2D eigenvalue weighted by molar-refractivity contribution is 0.499.